The van der Waals surface area contributed by atoms with Crippen molar-refractivity contribution in [2.45, 2.75) is 32.7 Å². The third-order valence-corrected chi connectivity index (χ3v) is 3.12. The first kappa shape index (κ1) is 24.2. The molecule has 1 rings (SSSR count). The second-order valence-electron chi connectivity index (χ2n) is 6.63. The second kappa shape index (κ2) is 12.5. The van der Waals surface area contributed by atoms with Gasteiger partial charge in [0.25, 0.3) is 5.91 Å². The van der Waals surface area contributed by atoms with Crippen molar-refractivity contribution in [3.63, 3.8) is 0 Å². The van der Waals surface area contributed by atoms with E-state index in [1.54, 1.807) is 19.2 Å². The Morgan fingerprint density at radius 3 is 2.19 bits per heavy atom. The number of amides is 2. The fourth-order valence-electron chi connectivity index (χ4n) is 2.04. The lowest BCUT2D eigenvalue weighted by molar-refractivity contribution is -0.121. The van der Waals surface area contributed by atoms with Gasteiger partial charge in [-0.15, -0.1) is 24.0 Å². The smallest absolute Gasteiger partial charge is 0.251 e. The zero-order valence-corrected chi connectivity index (χ0v) is 18.2. The molecule has 0 aliphatic rings. The fraction of sp³-hybridized carbons (Fsp3) is 0.500. The molecule has 2 amide bonds. The highest BCUT2D eigenvalue weighted by molar-refractivity contribution is 14.0. The summed E-state index contributed by atoms with van der Waals surface area (Å²) in [7, 11) is 1.65. The third-order valence-electron chi connectivity index (χ3n) is 3.12. The minimum atomic E-state index is -0.257. The molecule has 146 valence electrons. The summed E-state index contributed by atoms with van der Waals surface area (Å²) in [6.07, 6.45) is 0.744. The Hall–Kier alpha value is -1.84. The van der Waals surface area contributed by atoms with Gasteiger partial charge >= 0.3 is 0 Å². The Bertz CT molecular complexity index is 585. The molecule has 4 N–H and O–H groups in total. The average Bonchev–Trinajstić information content (AvgIpc) is 2.56. The van der Waals surface area contributed by atoms with Gasteiger partial charge in [-0.05, 0) is 39.3 Å². The summed E-state index contributed by atoms with van der Waals surface area (Å²) in [4.78, 5) is 27.7. The van der Waals surface area contributed by atoms with Crippen LogP contribution in [0.15, 0.2) is 35.3 Å². The molecule has 0 aliphatic heterocycles. The van der Waals surface area contributed by atoms with Crippen molar-refractivity contribution in [3.05, 3.63) is 35.9 Å². The van der Waals surface area contributed by atoms with Crippen molar-refractivity contribution in [2.75, 3.05) is 26.7 Å². The van der Waals surface area contributed by atoms with Crippen LogP contribution in [0.3, 0.4) is 0 Å². The molecule has 0 fully saturated rings. The lowest BCUT2D eigenvalue weighted by atomic mass is 10.1. The maximum absolute atomic E-state index is 11.9. The van der Waals surface area contributed by atoms with Crippen molar-refractivity contribution in [1.29, 1.82) is 0 Å². The van der Waals surface area contributed by atoms with E-state index in [0.29, 0.717) is 24.6 Å². The van der Waals surface area contributed by atoms with E-state index < -0.39 is 0 Å². The van der Waals surface area contributed by atoms with E-state index in [-0.39, 0.29) is 47.9 Å². The number of nitrogens with zero attached hydrogens (tertiary/aromatic N) is 1. The van der Waals surface area contributed by atoms with E-state index in [1.165, 1.54) is 0 Å². The van der Waals surface area contributed by atoms with E-state index in [4.69, 9.17) is 0 Å². The van der Waals surface area contributed by atoms with Crippen LogP contribution in [0.4, 0.5) is 0 Å². The molecule has 1 aromatic rings. The molecule has 0 atom stereocenters. The molecule has 0 aromatic heterocycles. The van der Waals surface area contributed by atoms with Crippen molar-refractivity contribution in [2.24, 2.45) is 4.99 Å². The van der Waals surface area contributed by atoms with Crippen LogP contribution in [-0.2, 0) is 4.79 Å². The van der Waals surface area contributed by atoms with Crippen molar-refractivity contribution < 1.29 is 9.59 Å². The number of benzene rings is 1. The van der Waals surface area contributed by atoms with Crippen LogP contribution in [0.1, 0.15) is 37.6 Å². The minimum Gasteiger partial charge on any atom is -0.356 e. The lowest BCUT2D eigenvalue weighted by Crippen LogP contribution is -2.48. The van der Waals surface area contributed by atoms with Crippen LogP contribution in [0.2, 0.25) is 0 Å². The Morgan fingerprint density at radius 1 is 1.00 bits per heavy atom. The molecular formula is C18H30IN5O2. The molecule has 8 heteroatoms. The van der Waals surface area contributed by atoms with E-state index in [9.17, 15) is 9.59 Å². The molecule has 0 radical (unpaired) electrons. The number of rotatable bonds is 7. The summed E-state index contributed by atoms with van der Waals surface area (Å²) < 4.78 is 0. The first-order chi connectivity index (χ1) is 11.8. The largest absolute Gasteiger partial charge is 0.356 e. The maximum atomic E-state index is 11.9. The highest BCUT2D eigenvalue weighted by Gasteiger charge is 2.13. The van der Waals surface area contributed by atoms with Gasteiger partial charge in [-0.1, -0.05) is 18.2 Å². The van der Waals surface area contributed by atoms with Crippen LogP contribution in [-0.4, -0.2) is 50.0 Å². The lowest BCUT2D eigenvalue weighted by Gasteiger charge is -2.21. The Kier molecular flexibility index (Phi) is 11.6. The maximum Gasteiger partial charge on any atom is 0.251 e. The molecule has 0 unspecified atom stereocenters. The highest BCUT2D eigenvalue weighted by atomic mass is 127. The predicted molar refractivity (Wildman–Crippen MR) is 116 cm³/mol. The molecule has 0 saturated carbocycles. The van der Waals surface area contributed by atoms with E-state index in [0.717, 1.165) is 6.42 Å². The summed E-state index contributed by atoms with van der Waals surface area (Å²) in [6.45, 7) is 7.14. The topological polar surface area (TPSA) is 94.6 Å². The van der Waals surface area contributed by atoms with E-state index >= 15 is 0 Å². The number of aliphatic imine (C=N–C) groups is 1. The third kappa shape index (κ3) is 10.9. The summed E-state index contributed by atoms with van der Waals surface area (Å²) in [5.74, 6) is 0.381. The van der Waals surface area contributed by atoms with Crippen molar-refractivity contribution >= 4 is 41.8 Å². The van der Waals surface area contributed by atoms with Gasteiger partial charge in [-0.2, -0.15) is 0 Å². The summed E-state index contributed by atoms with van der Waals surface area (Å²) >= 11 is 0. The summed E-state index contributed by atoms with van der Waals surface area (Å²) in [5, 5.41) is 11.8. The van der Waals surface area contributed by atoms with Crippen LogP contribution in [0.25, 0.3) is 0 Å². The van der Waals surface area contributed by atoms with Gasteiger partial charge in [0.05, 0.1) is 6.54 Å². The molecule has 1 aromatic carbocycles. The monoisotopic (exact) mass is 475 g/mol. The summed E-state index contributed by atoms with van der Waals surface area (Å²) in [6, 6.07) is 9.11. The zero-order chi connectivity index (χ0) is 18.7. The standard InChI is InChI=1S/C18H29N5O2.HI/c1-18(2,3)23-15(24)13-22-17(19-4)21-12-8-11-20-16(25)14-9-6-5-7-10-14;/h5-7,9-10H,8,11-13H2,1-4H3,(H,20,25)(H,23,24)(H2,19,21,22);1H. The van der Waals surface area contributed by atoms with E-state index in [2.05, 4.69) is 26.3 Å². The SMILES string of the molecule is CN=C(NCCCNC(=O)c1ccccc1)NCC(=O)NC(C)(C)C.I. The Morgan fingerprint density at radius 2 is 1.62 bits per heavy atom. The number of carbonyl (C=O) groups is 2. The normalized spacial score (nSPS) is 11.2. The first-order valence-corrected chi connectivity index (χ1v) is 8.40. The number of nitrogens with one attached hydrogen (secondary N) is 4. The fourth-order valence-corrected chi connectivity index (χ4v) is 2.04. The van der Waals surface area contributed by atoms with Crippen LogP contribution in [0, 0.1) is 0 Å². The molecule has 7 nitrogen and oxygen atoms in total. The molecule has 0 spiro atoms. The zero-order valence-electron chi connectivity index (χ0n) is 15.9. The van der Waals surface area contributed by atoms with Gasteiger partial charge in [0.2, 0.25) is 5.91 Å². The molecule has 0 saturated heterocycles. The van der Waals surface area contributed by atoms with Gasteiger partial charge in [-0.25, -0.2) is 0 Å². The van der Waals surface area contributed by atoms with Crippen molar-refractivity contribution in [1.82, 2.24) is 21.3 Å². The minimum absolute atomic E-state index is 0. The number of guanidine groups is 1. The molecule has 0 heterocycles. The Balaban J connectivity index is 0.00000625. The number of hydrogen-bond donors (Lipinski definition) is 4. The van der Waals surface area contributed by atoms with Gasteiger partial charge in [0, 0.05) is 31.2 Å². The van der Waals surface area contributed by atoms with E-state index in [1.807, 2.05) is 39.0 Å². The number of carbonyl (C=O) groups excluding carboxylic acids is 2. The van der Waals surface area contributed by atoms with Crippen LogP contribution >= 0.6 is 24.0 Å². The van der Waals surface area contributed by atoms with Gasteiger partial charge in [0.15, 0.2) is 5.96 Å². The van der Waals surface area contributed by atoms with Gasteiger partial charge in [-0.3, -0.25) is 14.6 Å². The van der Waals surface area contributed by atoms with Crippen molar-refractivity contribution in [3.8, 4) is 0 Å². The molecule has 26 heavy (non-hydrogen) atoms. The average molecular weight is 475 g/mol. The van der Waals surface area contributed by atoms with Crippen LogP contribution < -0.4 is 21.3 Å². The Labute approximate surface area is 172 Å². The quantitative estimate of drug-likeness (QED) is 0.208. The van der Waals surface area contributed by atoms with Gasteiger partial charge in [0.1, 0.15) is 0 Å². The molecule has 0 aliphatic carbocycles. The van der Waals surface area contributed by atoms with Gasteiger partial charge < -0.3 is 21.3 Å². The van der Waals surface area contributed by atoms with Crippen LogP contribution in [0.5, 0.6) is 0 Å². The number of hydrogen-bond acceptors (Lipinski definition) is 3. The highest BCUT2D eigenvalue weighted by Crippen LogP contribution is 1.98. The molecule has 0 bridgehead atoms. The molecular weight excluding hydrogens is 445 g/mol. The second-order valence-corrected chi connectivity index (χ2v) is 6.63. The first-order valence-electron chi connectivity index (χ1n) is 8.40. The number of halogens is 1. The summed E-state index contributed by atoms with van der Waals surface area (Å²) in [5.41, 5.74) is 0.393. The predicted octanol–water partition coefficient (Wildman–Crippen LogP) is 1.50.